The second kappa shape index (κ2) is 12.4. The van der Waals surface area contributed by atoms with E-state index in [-0.39, 0.29) is 22.5 Å². The second-order valence-corrected chi connectivity index (χ2v) is 17.7. The van der Waals surface area contributed by atoms with Crippen LogP contribution in [0.5, 0.6) is 5.75 Å². The highest BCUT2D eigenvalue weighted by atomic mass is 16.5. The fourth-order valence-corrected chi connectivity index (χ4v) is 13.5. The predicted molar refractivity (Wildman–Crippen MR) is 195 cm³/mol. The highest BCUT2D eigenvalue weighted by Gasteiger charge is 2.64. The highest BCUT2D eigenvalue weighted by molar-refractivity contribution is 5.87. The Hall–Kier alpha value is -2.82. The molecule has 1 aromatic rings. The Morgan fingerprint density at radius 2 is 1.51 bits per heavy atom. The third-order valence-corrected chi connectivity index (χ3v) is 16.3. The molecule has 0 amide bonds. The molecule has 5 saturated carbocycles. The summed E-state index contributed by atoms with van der Waals surface area (Å²) in [5, 5.41) is 11.0. The van der Waals surface area contributed by atoms with Gasteiger partial charge in [0.15, 0.2) is 0 Å². The van der Waals surface area contributed by atoms with Gasteiger partial charge in [-0.15, -0.1) is 12.8 Å². The van der Waals surface area contributed by atoms with Gasteiger partial charge in [0.05, 0.1) is 12.5 Å². The maximum atomic E-state index is 12.6. The lowest BCUT2D eigenvalue weighted by atomic mass is 9.48. The van der Waals surface area contributed by atoms with Gasteiger partial charge in [0.1, 0.15) is 22.9 Å². The number of benzene rings is 1. The van der Waals surface area contributed by atoms with Crippen LogP contribution in [0.3, 0.4) is 0 Å². The molecule has 49 heavy (non-hydrogen) atoms. The van der Waals surface area contributed by atoms with Crippen LogP contribution in [0.15, 0.2) is 29.8 Å². The van der Waals surface area contributed by atoms with Gasteiger partial charge in [0.2, 0.25) is 0 Å². The zero-order valence-corrected chi connectivity index (χ0v) is 30.7. The molecule has 12 atom stereocenters. The molecule has 0 aliphatic heterocycles. The summed E-state index contributed by atoms with van der Waals surface area (Å²) in [7, 11) is 1.73. The lowest BCUT2D eigenvalue weighted by Crippen LogP contribution is -2.51. The lowest BCUT2D eigenvalue weighted by molar-refractivity contribution is -0.132. The number of carbonyl (C=O) groups excluding carboxylic acids is 2. The van der Waals surface area contributed by atoms with Gasteiger partial charge >= 0.3 is 0 Å². The maximum Gasteiger partial charge on any atom is 0.148 e. The lowest BCUT2D eigenvalue weighted by Gasteiger charge is -2.55. The number of aliphatic hydroxyl groups is 1. The van der Waals surface area contributed by atoms with E-state index in [1.807, 2.05) is 0 Å². The summed E-state index contributed by atoms with van der Waals surface area (Å²) in [5.74, 6) is 11.9. The Balaban J connectivity index is 0.000000155. The molecule has 1 aromatic carbocycles. The number of Topliss-reactive ketones (excluding diaryl/α,β-unsaturated/α-hetero) is 2. The molecule has 0 aromatic heterocycles. The number of terminal acetylenes is 2. The van der Waals surface area contributed by atoms with Crippen molar-refractivity contribution < 1.29 is 19.4 Å². The number of ether oxygens (including phenoxy) is 1. The van der Waals surface area contributed by atoms with Crippen LogP contribution in [-0.2, 0) is 16.0 Å². The van der Waals surface area contributed by atoms with Gasteiger partial charge < -0.3 is 9.84 Å². The van der Waals surface area contributed by atoms with Crippen molar-refractivity contribution in [1.82, 2.24) is 0 Å². The molecule has 4 nitrogen and oxygen atoms in total. The minimum absolute atomic E-state index is 0.0213. The SMILES string of the molecule is C#C[C@]1(C(C)=O)CC[C@H]2[C@@H]3CCC4=C[C@@H](C(C)=O)CC[C@@H]4[C@H]3CC[C@@]21C.C#C[C@]1(O)CC[C@H]2[C@@H]3CCc4cc(OC)ccc4[C@H]3CC[C@@]21C. The normalized spacial score (nSPS) is 44.4. The number of aryl methyl sites for hydroxylation is 1. The third kappa shape index (κ3) is 5.05. The largest absolute Gasteiger partial charge is 0.497 e. The van der Waals surface area contributed by atoms with Crippen molar-refractivity contribution >= 4 is 11.6 Å². The first-order valence-electron chi connectivity index (χ1n) is 19.4. The van der Waals surface area contributed by atoms with Crippen LogP contribution < -0.4 is 4.74 Å². The summed E-state index contributed by atoms with van der Waals surface area (Å²) in [6.45, 7) is 8.01. The third-order valence-electron chi connectivity index (χ3n) is 16.3. The van der Waals surface area contributed by atoms with E-state index >= 15 is 0 Å². The van der Waals surface area contributed by atoms with Crippen LogP contribution in [0, 0.1) is 82.4 Å². The van der Waals surface area contributed by atoms with Crippen molar-refractivity contribution in [2.75, 3.05) is 7.11 Å². The highest BCUT2D eigenvalue weighted by Crippen LogP contribution is 2.68. The first kappa shape index (κ1) is 34.6. The molecular formula is C45H58O4. The van der Waals surface area contributed by atoms with Gasteiger partial charge in [-0.3, -0.25) is 9.59 Å². The van der Waals surface area contributed by atoms with E-state index in [2.05, 4.69) is 50.0 Å². The minimum Gasteiger partial charge on any atom is -0.497 e. The molecule has 7 aliphatic carbocycles. The quantitative estimate of drug-likeness (QED) is 0.259. The monoisotopic (exact) mass is 662 g/mol. The van der Waals surface area contributed by atoms with Crippen molar-refractivity contribution in [3.8, 4) is 30.4 Å². The smallest absolute Gasteiger partial charge is 0.148 e. The summed E-state index contributed by atoms with van der Waals surface area (Å²) in [6.07, 6.45) is 29.2. The molecule has 0 bridgehead atoms. The molecule has 7 aliphatic rings. The van der Waals surface area contributed by atoms with Gasteiger partial charge in [0.25, 0.3) is 0 Å². The van der Waals surface area contributed by atoms with E-state index in [4.69, 9.17) is 17.6 Å². The van der Waals surface area contributed by atoms with Crippen LogP contribution in [0.1, 0.15) is 128 Å². The van der Waals surface area contributed by atoms with Crippen LogP contribution in [0.2, 0.25) is 0 Å². The van der Waals surface area contributed by atoms with E-state index < -0.39 is 11.0 Å². The Morgan fingerprint density at radius 1 is 0.796 bits per heavy atom. The summed E-state index contributed by atoms with van der Waals surface area (Å²) >= 11 is 0. The standard InChI is InChI=1S/C24H32O2.C21H26O2/c1-5-24(16(3)26)13-11-22-21-9-7-18-14-17(15(2)25)6-8-19(18)20(21)10-12-23(22,24)4;1-4-21(22)12-10-19-18-7-5-14-13-15(23-3)6-8-16(14)17(18)9-11-20(19,21)2/h1,14,17,19-22H,6-13H2,2-4H3;1,6,8,13,17-19,22H,5,7,9-12H2,2-3H3/t17-,19-,20+,21+,22-,23-,24+;17-,18-,19+,20+,21+/m01/s1. The average Bonchev–Trinajstić information content (AvgIpc) is 3.58. The molecule has 0 radical (unpaired) electrons. The molecular weight excluding hydrogens is 604 g/mol. The summed E-state index contributed by atoms with van der Waals surface area (Å²) in [5.41, 5.74) is 2.97. The van der Waals surface area contributed by atoms with Gasteiger partial charge in [-0.05, 0) is 174 Å². The Morgan fingerprint density at radius 3 is 2.20 bits per heavy atom. The van der Waals surface area contributed by atoms with Crippen molar-refractivity contribution in [2.45, 2.75) is 129 Å². The summed E-state index contributed by atoms with van der Waals surface area (Å²) < 4.78 is 5.39. The van der Waals surface area contributed by atoms with Crippen LogP contribution in [0.4, 0.5) is 0 Å². The van der Waals surface area contributed by atoms with Crippen LogP contribution in [0.25, 0.3) is 0 Å². The zero-order chi connectivity index (χ0) is 34.9. The predicted octanol–water partition coefficient (Wildman–Crippen LogP) is 8.89. The van der Waals surface area contributed by atoms with Gasteiger partial charge in [0, 0.05) is 11.3 Å². The maximum absolute atomic E-state index is 12.6. The number of fused-ring (bicyclic) bond motifs is 10. The van der Waals surface area contributed by atoms with E-state index in [9.17, 15) is 14.7 Å². The van der Waals surface area contributed by atoms with Gasteiger partial charge in [-0.25, -0.2) is 0 Å². The number of hydrogen-bond donors (Lipinski definition) is 1. The van der Waals surface area contributed by atoms with Crippen molar-refractivity contribution in [3.63, 3.8) is 0 Å². The Bertz CT molecular complexity index is 1620. The molecule has 262 valence electrons. The van der Waals surface area contributed by atoms with E-state index in [0.717, 1.165) is 75.9 Å². The fraction of sp³-hybridized carbons (Fsp3) is 0.689. The second-order valence-electron chi connectivity index (χ2n) is 17.7. The zero-order valence-electron chi connectivity index (χ0n) is 30.7. The molecule has 0 unspecified atom stereocenters. The Labute approximate surface area is 295 Å². The van der Waals surface area contributed by atoms with Gasteiger partial charge in [-0.2, -0.15) is 0 Å². The number of allylic oxidation sites excluding steroid dienone is 2. The van der Waals surface area contributed by atoms with Crippen molar-refractivity contribution in [3.05, 3.63) is 41.0 Å². The first-order valence-corrected chi connectivity index (χ1v) is 19.4. The number of methoxy groups -OCH3 is 1. The van der Waals surface area contributed by atoms with E-state index in [1.54, 1.807) is 26.5 Å². The van der Waals surface area contributed by atoms with Crippen LogP contribution >= 0.6 is 0 Å². The molecule has 8 rings (SSSR count). The molecule has 1 N–H and O–H groups in total. The van der Waals surface area contributed by atoms with Crippen molar-refractivity contribution in [1.29, 1.82) is 0 Å². The summed E-state index contributed by atoms with van der Waals surface area (Å²) in [6, 6.07) is 6.59. The van der Waals surface area contributed by atoms with Crippen LogP contribution in [-0.4, -0.2) is 29.4 Å². The molecule has 0 saturated heterocycles. The Kier molecular flexibility index (Phi) is 8.79. The molecule has 5 fully saturated rings. The minimum atomic E-state index is -0.900. The number of rotatable bonds is 3. The van der Waals surface area contributed by atoms with Gasteiger partial charge in [-0.1, -0.05) is 43.4 Å². The first-order chi connectivity index (χ1) is 23.4. The van der Waals surface area contributed by atoms with E-state index in [0.29, 0.717) is 41.3 Å². The molecule has 0 heterocycles. The van der Waals surface area contributed by atoms with Crippen molar-refractivity contribution in [2.24, 2.45) is 57.7 Å². The molecule has 4 heteroatoms. The average molecular weight is 663 g/mol. The molecule has 0 spiro atoms. The number of ketones is 2. The topological polar surface area (TPSA) is 63.6 Å². The van der Waals surface area contributed by atoms with E-state index in [1.165, 1.54) is 36.8 Å². The number of hydrogen-bond acceptors (Lipinski definition) is 4. The summed E-state index contributed by atoms with van der Waals surface area (Å²) in [4.78, 5) is 24.4. The number of carbonyl (C=O) groups is 2. The fourth-order valence-electron chi connectivity index (χ4n) is 13.5.